The fourth-order valence-corrected chi connectivity index (χ4v) is 2.62. The topological polar surface area (TPSA) is 83.8 Å². The minimum Gasteiger partial charge on any atom is -0.507 e. The Bertz CT molecular complexity index is 739. The molecule has 1 atom stereocenters. The molecule has 6 heteroatoms. The molecule has 5 nitrogen and oxygen atoms in total. The Morgan fingerprint density at radius 1 is 1.23 bits per heavy atom. The number of hydrogen-bond acceptors (Lipinski definition) is 4. The number of phenols is 1. The molecule has 1 unspecified atom stereocenters. The average molecular weight is 320 g/mol. The molecule has 2 aromatic carbocycles. The highest BCUT2D eigenvalue weighted by Gasteiger charge is 2.14. The summed E-state index contributed by atoms with van der Waals surface area (Å²) in [6.45, 7) is 3.11. The second-order valence-electron chi connectivity index (χ2n) is 4.79. The number of carbonyl (C=O) groups is 1. The SMILES string of the molecule is CC(=O)c1ccc(OCc2ccccc2S(=O)O)c(C)c1O. The highest BCUT2D eigenvalue weighted by molar-refractivity contribution is 7.79. The van der Waals surface area contributed by atoms with Crippen molar-refractivity contribution in [3.63, 3.8) is 0 Å². The number of hydrogen-bond donors (Lipinski definition) is 2. The molecule has 0 aliphatic heterocycles. The van der Waals surface area contributed by atoms with Crippen LogP contribution in [0.4, 0.5) is 0 Å². The highest BCUT2D eigenvalue weighted by Crippen LogP contribution is 2.31. The van der Waals surface area contributed by atoms with E-state index in [1.807, 2.05) is 0 Å². The summed E-state index contributed by atoms with van der Waals surface area (Å²) in [7, 11) is 0. The van der Waals surface area contributed by atoms with E-state index in [0.29, 0.717) is 16.9 Å². The van der Waals surface area contributed by atoms with Crippen LogP contribution in [0.5, 0.6) is 11.5 Å². The van der Waals surface area contributed by atoms with Gasteiger partial charge in [-0.1, -0.05) is 18.2 Å². The molecule has 2 aromatic rings. The predicted octanol–water partition coefficient (Wildman–Crippen LogP) is 3.06. The Morgan fingerprint density at radius 2 is 1.91 bits per heavy atom. The van der Waals surface area contributed by atoms with E-state index in [-0.39, 0.29) is 28.6 Å². The number of benzene rings is 2. The van der Waals surface area contributed by atoms with Crippen molar-refractivity contribution in [3.05, 3.63) is 53.1 Å². The summed E-state index contributed by atoms with van der Waals surface area (Å²) in [5.74, 6) is 0.0817. The molecule has 0 aliphatic carbocycles. The molecule has 0 fully saturated rings. The number of aromatic hydroxyl groups is 1. The minimum absolute atomic E-state index is 0.0855. The molecule has 0 saturated heterocycles. The number of rotatable bonds is 5. The molecule has 0 bridgehead atoms. The molecule has 22 heavy (non-hydrogen) atoms. The highest BCUT2D eigenvalue weighted by atomic mass is 32.2. The van der Waals surface area contributed by atoms with Crippen LogP contribution in [0.3, 0.4) is 0 Å². The second kappa shape index (κ2) is 6.72. The van der Waals surface area contributed by atoms with Crippen molar-refractivity contribution in [2.75, 3.05) is 0 Å². The molecule has 0 amide bonds. The van der Waals surface area contributed by atoms with Crippen LogP contribution in [-0.4, -0.2) is 19.7 Å². The van der Waals surface area contributed by atoms with E-state index in [1.165, 1.54) is 13.0 Å². The van der Waals surface area contributed by atoms with Gasteiger partial charge in [0.05, 0.1) is 10.5 Å². The lowest BCUT2D eigenvalue weighted by Gasteiger charge is -2.13. The fourth-order valence-electron chi connectivity index (χ4n) is 2.07. The largest absolute Gasteiger partial charge is 0.507 e. The van der Waals surface area contributed by atoms with Crippen LogP contribution in [0.25, 0.3) is 0 Å². The lowest BCUT2D eigenvalue weighted by molar-refractivity contribution is 0.101. The first-order valence-electron chi connectivity index (χ1n) is 6.57. The standard InChI is InChI=1S/C16H16O5S/c1-10-14(8-7-13(11(2)17)16(10)18)21-9-12-5-3-4-6-15(12)22(19)20/h3-8,18H,9H2,1-2H3,(H,19,20). The van der Waals surface area contributed by atoms with Crippen LogP contribution >= 0.6 is 0 Å². The Morgan fingerprint density at radius 3 is 2.55 bits per heavy atom. The quantitative estimate of drug-likeness (QED) is 0.653. The first-order valence-corrected chi connectivity index (χ1v) is 7.67. The maximum atomic E-state index is 11.4. The molecule has 0 aliphatic rings. The van der Waals surface area contributed by atoms with E-state index in [9.17, 15) is 18.7 Å². The summed E-state index contributed by atoms with van der Waals surface area (Å²) in [5, 5.41) is 10.00. The summed E-state index contributed by atoms with van der Waals surface area (Å²) >= 11 is -2.09. The zero-order chi connectivity index (χ0) is 16.3. The van der Waals surface area contributed by atoms with Gasteiger partial charge in [-0.15, -0.1) is 0 Å². The normalized spacial score (nSPS) is 12.0. The van der Waals surface area contributed by atoms with Crippen LogP contribution in [-0.2, 0) is 17.7 Å². The van der Waals surface area contributed by atoms with Gasteiger partial charge in [0.15, 0.2) is 16.9 Å². The monoisotopic (exact) mass is 320 g/mol. The molecule has 0 heterocycles. The molecular weight excluding hydrogens is 304 g/mol. The van der Waals surface area contributed by atoms with Crippen LogP contribution in [0.15, 0.2) is 41.3 Å². The van der Waals surface area contributed by atoms with Gasteiger partial charge in [-0.2, -0.15) is 0 Å². The first-order chi connectivity index (χ1) is 10.4. The Hall–Kier alpha value is -2.18. The van der Waals surface area contributed by atoms with Crippen molar-refractivity contribution in [1.29, 1.82) is 0 Å². The lowest BCUT2D eigenvalue weighted by Crippen LogP contribution is -2.03. The zero-order valence-corrected chi connectivity index (χ0v) is 13.0. The van der Waals surface area contributed by atoms with Gasteiger partial charge in [0, 0.05) is 11.1 Å². The van der Waals surface area contributed by atoms with Crippen molar-refractivity contribution >= 4 is 16.9 Å². The summed E-state index contributed by atoms with van der Waals surface area (Å²) in [5.41, 5.74) is 1.27. The average Bonchev–Trinajstić information content (AvgIpc) is 2.48. The van der Waals surface area contributed by atoms with E-state index < -0.39 is 11.1 Å². The van der Waals surface area contributed by atoms with Gasteiger partial charge >= 0.3 is 0 Å². The zero-order valence-electron chi connectivity index (χ0n) is 12.2. The number of phenolic OH excluding ortho intramolecular Hbond substituents is 1. The summed E-state index contributed by atoms with van der Waals surface area (Å²) in [6.07, 6.45) is 0. The van der Waals surface area contributed by atoms with Gasteiger partial charge in [0.2, 0.25) is 0 Å². The smallest absolute Gasteiger partial charge is 0.186 e. The lowest BCUT2D eigenvalue weighted by atomic mass is 10.1. The third-order valence-corrected chi connectivity index (χ3v) is 4.08. The minimum atomic E-state index is -2.09. The van der Waals surface area contributed by atoms with Crippen molar-refractivity contribution < 1.29 is 23.4 Å². The van der Waals surface area contributed by atoms with Gasteiger partial charge in [-0.25, -0.2) is 4.21 Å². The molecular formula is C16H16O5S. The third kappa shape index (κ3) is 3.35. The Labute approximate surface area is 130 Å². The Kier molecular flexibility index (Phi) is 4.95. The van der Waals surface area contributed by atoms with E-state index in [4.69, 9.17) is 4.74 Å². The fraction of sp³-hybridized carbons (Fsp3) is 0.188. The maximum Gasteiger partial charge on any atom is 0.186 e. The van der Waals surface area contributed by atoms with Crippen LogP contribution in [0.1, 0.15) is 28.4 Å². The number of ether oxygens (including phenoxy) is 1. The second-order valence-corrected chi connectivity index (χ2v) is 5.72. The molecule has 2 rings (SSSR count). The molecule has 0 saturated carbocycles. The number of Topliss-reactive ketones (excluding diaryl/α,β-unsaturated/α-hetero) is 1. The van der Waals surface area contributed by atoms with Crippen molar-refractivity contribution in [2.45, 2.75) is 25.3 Å². The van der Waals surface area contributed by atoms with E-state index in [1.54, 1.807) is 37.3 Å². The van der Waals surface area contributed by atoms with Crippen molar-refractivity contribution in [3.8, 4) is 11.5 Å². The van der Waals surface area contributed by atoms with Crippen LogP contribution < -0.4 is 4.74 Å². The van der Waals surface area contributed by atoms with Gasteiger partial charge in [-0.3, -0.25) is 4.79 Å². The van der Waals surface area contributed by atoms with Crippen molar-refractivity contribution in [2.24, 2.45) is 0 Å². The van der Waals surface area contributed by atoms with Crippen LogP contribution in [0, 0.1) is 6.92 Å². The van der Waals surface area contributed by atoms with E-state index >= 15 is 0 Å². The predicted molar refractivity (Wildman–Crippen MR) is 82.7 cm³/mol. The third-order valence-electron chi connectivity index (χ3n) is 3.30. The van der Waals surface area contributed by atoms with Gasteiger partial charge < -0.3 is 14.4 Å². The molecule has 2 N–H and O–H groups in total. The van der Waals surface area contributed by atoms with Gasteiger partial charge in [0.25, 0.3) is 0 Å². The molecule has 0 radical (unpaired) electrons. The maximum absolute atomic E-state index is 11.4. The number of ketones is 1. The molecule has 0 spiro atoms. The molecule has 116 valence electrons. The summed E-state index contributed by atoms with van der Waals surface area (Å²) in [4.78, 5) is 11.6. The van der Waals surface area contributed by atoms with Gasteiger partial charge in [0.1, 0.15) is 18.1 Å². The van der Waals surface area contributed by atoms with E-state index in [0.717, 1.165) is 0 Å². The van der Waals surface area contributed by atoms with Gasteiger partial charge in [-0.05, 0) is 32.0 Å². The molecule has 0 aromatic heterocycles. The van der Waals surface area contributed by atoms with Crippen LogP contribution in [0.2, 0.25) is 0 Å². The van der Waals surface area contributed by atoms with E-state index in [2.05, 4.69) is 0 Å². The first kappa shape index (κ1) is 16.2. The summed E-state index contributed by atoms with van der Waals surface area (Å²) in [6, 6.07) is 9.77. The summed E-state index contributed by atoms with van der Waals surface area (Å²) < 4.78 is 26.1. The van der Waals surface area contributed by atoms with Crippen molar-refractivity contribution in [1.82, 2.24) is 0 Å². The number of carbonyl (C=O) groups excluding carboxylic acids is 1. The Balaban J connectivity index is 2.25.